The third-order valence-electron chi connectivity index (χ3n) is 6.26. The normalized spacial score (nSPS) is 12.3. The Kier molecular flexibility index (Phi) is 8.76. The van der Waals surface area contributed by atoms with Crippen LogP contribution in [0, 0.1) is 0 Å². The lowest BCUT2D eigenvalue weighted by Crippen LogP contribution is -2.39. The molecule has 10 heteroatoms. The number of sulfonamides is 1. The highest BCUT2D eigenvalue weighted by atomic mass is 35.5. The first-order valence-electron chi connectivity index (χ1n) is 12.6. The van der Waals surface area contributed by atoms with Crippen molar-refractivity contribution in [3.05, 3.63) is 83.5 Å². The van der Waals surface area contributed by atoms with Crippen LogP contribution in [0.3, 0.4) is 0 Å². The molecule has 0 aliphatic carbocycles. The molecule has 4 rings (SSSR count). The molecule has 0 atom stereocenters. The standard InChI is InChI=1S/C29H33ClN4O4S/c1-29(2,3)26-19-27(34(32-26)25-13-8-7-12-24(25)30)31-28(35)20-33(16-9-17-38-4)39(36,37)23-15-14-21-10-5-6-11-22(21)18-23/h5-8,10-15,18-19H,9,16-17,20H2,1-4H3,(H,31,35). The van der Waals surface area contributed by atoms with Crippen LogP contribution in [0.4, 0.5) is 5.82 Å². The molecule has 0 aliphatic rings. The fraction of sp³-hybridized carbons (Fsp3) is 0.310. The van der Waals surface area contributed by atoms with Crippen molar-refractivity contribution in [3.63, 3.8) is 0 Å². The van der Waals surface area contributed by atoms with Crippen LogP contribution in [0.2, 0.25) is 5.02 Å². The Morgan fingerprint density at radius 3 is 2.41 bits per heavy atom. The Hall–Kier alpha value is -3.24. The van der Waals surface area contributed by atoms with E-state index in [2.05, 4.69) is 5.32 Å². The zero-order valence-corrected chi connectivity index (χ0v) is 24.1. The van der Waals surface area contributed by atoms with Crippen LogP contribution < -0.4 is 5.32 Å². The topological polar surface area (TPSA) is 93.5 Å². The molecule has 3 aromatic carbocycles. The maximum absolute atomic E-state index is 13.7. The highest BCUT2D eigenvalue weighted by molar-refractivity contribution is 7.89. The van der Waals surface area contributed by atoms with Crippen molar-refractivity contribution in [1.82, 2.24) is 14.1 Å². The van der Waals surface area contributed by atoms with E-state index in [4.69, 9.17) is 21.4 Å². The molecule has 0 bridgehead atoms. The molecule has 206 valence electrons. The summed E-state index contributed by atoms with van der Waals surface area (Å²) in [6.45, 7) is 6.16. The first kappa shape index (κ1) is 28.8. The first-order valence-corrected chi connectivity index (χ1v) is 14.5. The third kappa shape index (κ3) is 6.67. The SMILES string of the molecule is COCCCN(CC(=O)Nc1cc(C(C)(C)C)nn1-c1ccccc1Cl)S(=O)(=O)c1ccc2ccccc2c1. The number of aromatic nitrogens is 2. The summed E-state index contributed by atoms with van der Waals surface area (Å²) in [5.74, 6) is -0.0941. The monoisotopic (exact) mass is 568 g/mol. The number of benzene rings is 3. The van der Waals surface area contributed by atoms with E-state index in [1.54, 1.807) is 48.2 Å². The number of carbonyl (C=O) groups excluding carboxylic acids is 1. The van der Waals surface area contributed by atoms with Gasteiger partial charge in [0.2, 0.25) is 15.9 Å². The molecule has 8 nitrogen and oxygen atoms in total. The van der Waals surface area contributed by atoms with Gasteiger partial charge in [0.15, 0.2) is 0 Å². The number of nitrogens with one attached hydrogen (secondary N) is 1. The quantitative estimate of drug-likeness (QED) is 0.250. The highest BCUT2D eigenvalue weighted by Gasteiger charge is 2.28. The van der Waals surface area contributed by atoms with Crippen LogP contribution >= 0.6 is 11.6 Å². The van der Waals surface area contributed by atoms with Crippen molar-refractivity contribution in [2.24, 2.45) is 0 Å². The van der Waals surface area contributed by atoms with E-state index in [0.717, 1.165) is 16.5 Å². The van der Waals surface area contributed by atoms with Crippen LogP contribution in [0.15, 0.2) is 77.7 Å². The molecule has 0 spiro atoms. The Morgan fingerprint density at radius 1 is 1.03 bits per heavy atom. The number of fused-ring (bicyclic) bond motifs is 1. The molecule has 1 amide bonds. The van der Waals surface area contributed by atoms with E-state index in [9.17, 15) is 13.2 Å². The van der Waals surface area contributed by atoms with Crippen molar-refractivity contribution >= 4 is 44.1 Å². The van der Waals surface area contributed by atoms with E-state index in [-0.39, 0.29) is 23.4 Å². The van der Waals surface area contributed by atoms with Gasteiger partial charge in [0, 0.05) is 31.7 Å². The second-order valence-electron chi connectivity index (χ2n) is 10.3. The minimum Gasteiger partial charge on any atom is -0.385 e. The zero-order chi connectivity index (χ0) is 28.2. The molecule has 4 aromatic rings. The van der Waals surface area contributed by atoms with Crippen LogP contribution in [-0.4, -0.2) is 55.2 Å². The third-order valence-corrected chi connectivity index (χ3v) is 8.42. The van der Waals surface area contributed by atoms with Gasteiger partial charge in [-0.3, -0.25) is 4.79 Å². The lowest BCUT2D eigenvalue weighted by Gasteiger charge is -2.22. The largest absolute Gasteiger partial charge is 0.385 e. The number of halogens is 1. The molecule has 1 heterocycles. The summed E-state index contributed by atoms with van der Waals surface area (Å²) in [5, 5.41) is 9.77. The molecule has 0 unspecified atom stereocenters. The van der Waals surface area contributed by atoms with Crippen molar-refractivity contribution in [2.45, 2.75) is 37.5 Å². The summed E-state index contributed by atoms with van der Waals surface area (Å²) in [4.78, 5) is 13.5. The minimum atomic E-state index is -3.97. The summed E-state index contributed by atoms with van der Waals surface area (Å²) in [7, 11) is -2.42. The van der Waals surface area contributed by atoms with Crippen LogP contribution in [0.25, 0.3) is 16.5 Å². The molecule has 39 heavy (non-hydrogen) atoms. The van der Waals surface area contributed by atoms with Gasteiger partial charge in [-0.05, 0) is 41.5 Å². The van der Waals surface area contributed by atoms with Gasteiger partial charge < -0.3 is 10.1 Å². The summed E-state index contributed by atoms with van der Waals surface area (Å²) in [6.07, 6.45) is 0.433. The van der Waals surface area contributed by atoms with Gasteiger partial charge in [-0.1, -0.05) is 74.8 Å². The van der Waals surface area contributed by atoms with Gasteiger partial charge in [0.25, 0.3) is 0 Å². The van der Waals surface area contributed by atoms with Crippen LogP contribution in [0.1, 0.15) is 32.9 Å². The van der Waals surface area contributed by atoms with Gasteiger partial charge in [0.1, 0.15) is 5.82 Å². The van der Waals surface area contributed by atoms with Crippen molar-refractivity contribution in [3.8, 4) is 5.69 Å². The Labute approximate surface area is 234 Å². The average Bonchev–Trinajstić information content (AvgIpc) is 3.32. The molecule has 0 radical (unpaired) electrons. The first-order chi connectivity index (χ1) is 18.5. The van der Waals surface area contributed by atoms with Gasteiger partial charge in [-0.2, -0.15) is 9.40 Å². The summed E-state index contributed by atoms with van der Waals surface area (Å²) < 4.78 is 35.3. The molecule has 0 aliphatic heterocycles. The Bertz CT molecular complexity index is 1580. The molecular formula is C29H33ClN4O4S. The predicted octanol–water partition coefficient (Wildman–Crippen LogP) is 5.64. The number of hydrogen-bond acceptors (Lipinski definition) is 5. The van der Waals surface area contributed by atoms with E-state index in [0.29, 0.717) is 29.6 Å². The fourth-order valence-electron chi connectivity index (χ4n) is 4.13. The maximum Gasteiger partial charge on any atom is 0.243 e. The van der Waals surface area contributed by atoms with Crippen LogP contribution in [-0.2, 0) is 25.0 Å². The Morgan fingerprint density at radius 2 is 1.72 bits per heavy atom. The molecule has 1 N–H and O–H groups in total. The number of hydrogen-bond donors (Lipinski definition) is 1. The number of rotatable bonds is 10. The smallest absolute Gasteiger partial charge is 0.243 e. The number of para-hydroxylation sites is 1. The number of ether oxygens (including phenoxy) is 1. The summed E-state index contributed by atoms with van der Waals surface area (Å²) in [5.41, 5.74) is 1.06. The van der Waals surface area contributed by atoms with E-state index in [1.807, 2.05) is 57.2 Å². The molecule has 0 saturated heterocycles. The summed E-state index contributed by atoms with van der Waals surface area (Å²) >= 11 is 6.44. The predicted molar refractivity (Wildman–Crippen MR) is 155 cm³/mol. The fourth-order valence-corrected chi connectivity index (χ4v) is 5.82. The lowest BCUT2D eigenvalue weighted by atomic mass is 9.92. The van der Waals surface area contributed by atoms with Gasteiger partial charge in [0.05, 0.1) is 27.8 Å². The minimum absolute atomic E-state index is 0.118. The highest BCUT2D eigenvalue weighted by Crippen LogP contribution is 2.29. The van der Waals surface area contributed by atoms with Gasteiger partial charge >= 0.3 is 0 Å². The lowest BCUT2D eigenvalue weighted by molar-refractivity contribution is -0.116. The number of nitrogens with zero attached hydrogens (tertiary/aromatic N) is 3. The van der Waals surface area contributed by atoms with Crippen molar-refractivity contribution < 1.29 is 17.9 Å². The molecule has 0 fully saturated rings. The number of amides is 1. The van der Waals surface area contributed by atoms with Crippen molar-refractivity contribution in [1.29, 1.82) is 0 Å². The van der Waals surface area contributed by atoms with Gasteiger partial charge in [-0.25, -0.2) is 13.1 Å². The van der Waals surface area contributed by atoms with E-state index >= 15 is 0 Å². The molecular weight excluding hydrogens is 536 g/mol. The maximum atomic E-state index is 13.7. The number of methoxy groups -OCH3 is 1. The number of anilines is 1. The molecule has 0 saturated carbocycles. The Balaban J connectivity index is 1.64. The second-order valence-corrected chi connectivity index (χ2v) is 12.6. The van der Waals surface area contributed by atoms with Crippen LogP contribution in [0.5, 0.6) is 0 Å². The second kappa shape index (κ2) is 11.9. The molecule has 1 aromatic heterocycles. The summed E-state index contributed by atoms with van der Waals surface area (Å²) in [6, 6.07) is 21.5. The number of carbonyl (C=O) groups is 1. The van der Waals surface area contributed by atoms with E-state index in [1.165, 1.54) is 4.31 Å². The van der Waals surface area contributed by atoms with Crippen molar-refractivity contribution in [2.75, 3.05) is 32.1 Å². The zero-order valence-electron chi connectivity index (χ0n) is 22.5. The van der Waals surface area contributed by atoms with Gasteiger partial charge in [-0.15, -0.1) is 0 Å². The van der Waals surface area contributed by atoms with E-state index < -0.39 is 15.9 Å². The average molecular weight is 569 g/mol.